The van der Waals surface area contributed by atoms with E-state index >= 15 is 0 Å². The van der Waals surface area contributed by atoms with E-state index in [2.05, 4.69) is 23.3 Å². The Morgan fingerprint density at radius 3 is 2.77 bits per heavy atom. The van der Waals surface area contributed by atoms with Gasteiger partial charge in [0.05, 0.1) is 13.2 Å². The fourth-order valence-electron chi connectivity index (χ4n) is 3.25. The van der Waals surface area contributed by atoms with Crippen LogP contribution in [0.2, 0.25) is 0 Å². The highest BCUT2D eigenvalue weighted by Gasteiger charge is 2.14. The Morgan fingerprint density at radius 2 is 2.00 bits per heavy atom. The average molecular weight is 369 g/mol. The summed E-state index contributed by atoms with van der Waals surface area (Å²) in [6.45, 7) is 5.11. The molecular weight excluding hydrogens is 346 g/mol. The Bertz CT molecular complexity index is 957. The van der Waals surface area contributed by atoms with Gasteiger partial charge in [-0.2, -0.15) is 0 Å². The third kappa shape index (κ3) is 3.66. The first-order chi connectivity index (χ1) is 12.7. The van der Waals surface area contributed by atoms with Crippen molar-refractivity contribution in [3.63, 3.8) is 0 Å². The normalized spacial score (nSPS) is 14.9. The highest BCUT2D eigenvalue weighted by atomic mass is 32.1. The summed E-state index contributed by atoms with van der Waals surface area (Å²) in [7, 11) is 0. The van der Waals surface area contributed by atoms with Crippen LogP contribution in [-0.4, -0.2) is 35.7 Å². The van der Waals surface area contributed by atoms with E-state index in [9.17, 15) is 4.79 Å². The van der Waals surface area contributed by atoms with E-state index in [1.165, 1.54) is 16.0 Å². The third-order valence-corrected chi connectivity index (χ3v) is 5.87. The van der Waals surface area contributed by atoms with Gasteiger partial charge in [0.1, 0.15) is 11.5 Å². The molecule has 0 N–H and O–H groups in total. The highest BCUT2D eigenvalue weighted by molar-refractivity contribution is 7.10. The summed E-state index contributed by atoms with van der Waals surface area (Å²) in [5.74, 6) is 0.751. The van der Waals surface area contributed by atoms with Gasteiger partial charge in [-0.3, -0.25) is 9.20 Å². The molecule has 5 nitrogen and oxygen atoms in total. The fraction of sp³-hybridized carbons (Fsp3) is 0.400. The summed E-state index contributed by atoms with van der Waals surface area (Å²) >= 11 is 1.83. The third-order valence-electron chi connectivity index (χ3n) is 4.83. The number of aryl methyl sites for hydroxylation is 3. The van der Waals surface area contributed by atoms with Crippen LogP contribution in [0.1, 0.15) is 22.9 Å². The highest BCUT2D eigenvalue weighted by Crippen LogP contribution is 2.18. The lowest BCUT2D eigenvalue weighted by molar-refractivity contribution is 0.122. The van der Waals surface area contributed by atoms with Crippen molar-refractivity contribution < 1.29 is 4.74 Å². The first-order valence-electron chi connectivity index (χ1n) is 9.14. The number of fused-ring (bicyclic) bond motifs is 1. The molecule has 0 amide bonds. The van der Waals surface area contributed by atoms with E-state index in [1.54, 1.807) is 10.5 Å². The van der Waals surface area contributed by atoms with Crippen molar-refractivity contribution in [1.29, 1.82) is 0 Å². The van der Waals surface area contributed by atoms with Crippen molar-refractivity contribution in [2.24, 2.45) is 0 Å². The molecule has 0 saturated carbocycles. The molecule has 4 heterocycles. The molecule has 6 heteroatoms. The molecule has 0 spiro atoms. The molecule has 1 aliphatic rings. The molecule has 136 valence electrons. The molecule has 0 radical (unpaired) electrons. The van der Waals surface area contributed by atoms with Gasteiger partial charge < -0.3 is 9.64 Å². The second kappa shape index (κ2) is 7.60. The van der Waals surface area contributed by atoms with Gasteiger partial charge in [-0.25, -0.2) is 4.98 Å². The Kier molecular flexibility index (Phi) is 5.04. The zero-order valence-electron chi connectivity index (χ0n) is 15.0. The summed E-state index contributed by atoms with van der Waals surface area (Å²) in [6, 6.07) is 7.99. The first kappa shape index (κ1) is 17.2. The number of hydrogen-bond acceptors (Lipinski definition) is 5. The summed E-state index contributed by atoms with van der Waals surface area (Å²) in [4.78, 5) is 20.7. The molecule has 0 atom stereocenters. The maximum atomic E-state index is 12.4. The van der Waals surface area contributed by atoms with E-state index < -0.39 is 0 Å². The van der Waals surface area contributed by atoms with Crippen LogP contribution in [0.3, 0.4) is 0 Å². The van der Waals surface area contributed by atoms with Crippen molar-refractivity contribution in [3.8, 4) is 0 Å². The van der Waals surface area contributed by atoms with Gasteiger partial charge in [0.2, 0.25) is 0 Å². The predicted molar refractivity (Wildman–Crippen MR) is 106 cm³/mol. The van der Waals surface area contributed by atoms with Gasteiger partial charge in [-0.1, -0.05) is 6.92 Å². The molecule has 26 heavy (non-hydrogen) atoms. The van der Waals surface area contributed by atoms with Gasteiger partial charge >= 0.3 is 0 Å². The van der Waals surface area contributed by atoms with Crippen molar-refractivity contribution in [3.05, 3.63) is 62.2 Å². The maximum absolute atomic E-state index is 12.4. The van der Waals surface area contributed by atoms with Crippen LogP contribution in [0.5, 0.6) is 0 Å². The summed E-state index contributed by atoms with van der Waals surface area (Å²) in [5.41, 5.74) is 3.31. The molecule has 3 aromatic heterocycles. The number of hydrogen-bond donors (Lipinski definition) is 0. The van der Waals surface area contributed by atoms with E-state index in [1.807, 2.05) is 29.7 Å². The number of nitrogens with zero attached hydrogens (tertiary/aromatic N) is 3. The number of anilines is 1. The van der Waals surface area contributed by atoms with Crippen LogP contribution in [0.15, 0.2) is 40.6 Å². The molecule has 3 aromatic rings. The number of rotatable bonds is 5. The van der Waals surface area contributed by atoms with Crippen molar-refractivity contribution in [2.75, 3.05) is 31.2 Å². The molecule has 0 aliphatic carbocycles. The number of aromatic nitrogens is 2. The number of morpholine rings is 1. The average Bonchev–Trinajstić information content (AvgIpc) is 3.15. The molecule has 0 unspecified atom stereocenters. The van der Waals surface area contributed by atoms with Gasteiger partial charge in [0.15, 0.2) is 0 Å². The molecule has 4 rings (SSSR count). The Labute approximate surface area is 156 Å². The van der Waals surface area contributed by atoms with E-state index in [-0.39, 0.29) is 5.56 Å². The molecular formula is C20H23N3O2S. The summed E-state index contributed by atoms with van der Waals surface area (Å²) < 4.78 is 7.01. The van der Waals surface area contributed by atoms with E-state index in [0.29, 0.717) is 13.2 Å². The molecule has 1 aliphatic heterocycles. The van der Waals surface area contributed by atoms with Crippen LogP contribution in [-0.2, 0) is 24.0 Å². The topological polar surface area (TPSA) is 46.8 Å². The maximum Gasteiger partial charge on any atom is 0.259 e. The number of ether oxygens (including phenoxy) is 1. The monoisotopic (exact) mass is 369 g/mol. The Hall–Kier alpha value is -2.18. The molecule has 1 saturated heterocycles. The van der Waals surface area contributed by atoms with Crippen LogP contribution >= 0.6 is 11.3 Å². The largest absolute Gasteiger partial charge is 0.378 e. The molecule has 1 fully saturated rings. The van der Waals surface area contributed by atoms with E-state index in [0.717, 1.165) is 43.8 Å². The van der Waals surface area contributed by atoms with Crippen molar-refractivity contribution in [1.82, 2.24) is 9.38 Å². The fourth-order valence-corrected chi connectivity index (χ4v) is 4.23. The number of pyridine rings is 1. The number of thiophene rings is 1. The lowest BCUT2D eigenvalue weighted by atomic mass is 10.1. The van der Waals surface area contributed by atoms with Crippen molar-refractivity contribution >= 4 is 22.8 Å². The molecule has 0 aromatic carbocycles. The van der Waals surface area contributed by atoms with Crippen LogP contribution < -0.4 is 10.5 Å². The zero-order chi connectivity index (χ0) is 17.9. The van der Waals surface area contributed by atoms with Gasteiger partial charge in [-0.05, 0) is 54.0 Å². The smallest absolute Gasteiger partial charge is 0.259 e. The van der Waals surface area contributed by atoms with Gasteiger partial charge in [0, 0.05) is 30.2 Å². The SMILES string of the molecule is CCc1csc(CCc2ccn3c(=O)cc(N4CCOCC4)nc3c2)c1. The lowest BCUT2D eigenvalue weighted by Gasteiger charge is -2.27. The second-order valence-corrected chi connectivity index (χ2v) is 7.59. The quantitative estimate of drug-likeness (QED) is 0.694. The zero-order valence-corrected chi connectivity index (χ0v) is 15.8. The minimum absolute atomic E-state index is 0.0334. The van der Waals surface area contributed by atoms with Gasteiger partial charge in [0.25, 0.3) is 5.56 Å². The Balaban J connectivity index is 1.57. The summed E-state index contributed by atoms with van der Waals surface area (Å²) in [5, 5.41) is 2.24. The van der Waals surface area contributed by atoms with Crippen LogP contribution in [0.4, 0.5) is 5.82 Å². The Morgan fingerprint density at radius 1 is 1.15 bits per heavy atom. The molecule has 0 bridgehead atoms. The second-order valence-electron chi connectivity index (χ2n) is 6.59. The standard InChI is InChI=1S/C20H23N3O2S/c1-2-15-11-17(26-14-15)4-3-16-5-6-23-19(12-16)21-18(13-20(23)24)22-7-9-25-10-8-22/h5-6,11-14H,2-4,7-10H2,1H3. The minimum atomic E-state index is -0.0334. The predicted octanol–water partition coefficient (Wildman–Crippen LogP) is 2.94. The first-order valence-corrected chi connectivity index (χ1v) is 10.0. The summed E-state index contributed by atoms with van der Waals surface area (Å²) in [6.07, 6.45) is 4.91. The van der Waals surface area contributed by atoms with E-state index in [4.69, 9.17) is 9.72 Å². The van der Waals surface area contributed by atoms with Crippen LogP contribution in [0, 0.1) is 0 Å². The van der Waals surface area contributed by atoms with Gasteiger partial charge in [-0.15, -0.1) is 11.3 Å². The van der Waals surface area contributed by atoms with Crippen molar-refractivity contribution in [2.45, 2.75) is 26.2 Å². The minimum Gasteiger partial charge on any atom is -0.378 e. The lowest BCUT2D eigenvalue weighted by Crippen LogP contribution is -2.37. The van der Waals surface area contributed by atoms with Crippen LogP contribution in [0.25, 0.3) is 5.65 Å².